The number of allylic oxidation sites excluding steroid dienone is 1. The molecule has 3 heterocycles. The van der Waals surface area contributed by atoms with Crippen LogP contribution in [0.2, 0.25) is 0 Å². The van der Waals surface area contributed by atoms with Crippen LogP contribution in [0.1, 0.15) is 78.3 Å². The number of likely N-dealkylation sites (tertiary alicyclic amines) is 1. The fourth-order valence-corrected chi connectivity index (χ4v) is 9.08. The lowest BCUT2D eigenvalue weighted by Gasteiger charge is -2.45. The number of benzene rings is 1. The predicted octanol–water partition coefficient (Wildman–Crippen LogP) is 4.71. The van der Waals surface area contributed by atoms with Gasteiger partial charge in [0.25, 0.3) is 0 Å². The number of carbonyl (C=O) groups is 4. The molecule has 10 nitrogen and oxygen atoms in total. The number of ether oxygens (including phenoxy) is 2. The molecule has 0 aromatic heterocycles. The zero-order chi connectivity index (χ0) is 35.4. The largest absolute Gasteiger partial charge is 0.463 e. The minimum absolute atomic E-state index is 0.0887. The second-order valence-electron chi connectivity index (χ2n) is 15.0. The number of hydrogen-bond acceptors (Lipinski definition) is 7. The summed E-state index contributed by atoms with van der Waals surface area (Å²) in [5.74, 6) is -3.21. The average molecular weight is 731 g/mol. The molecule has 1 aromatic rings. The third-order valence-electron chi connectivity index (χ3n) is 9.64. The number of fused-ring (bicyclic) bond motifs is 1. The van der Waals surface area contributed by atoms with E-state index in [2.05, 4.69) is 55.2 Å². The minimum Gasteiger partial charge on any atom is -0.463 e. The number of nitrogens with one attached hydrogen (secondary N) is 1. The molecule has 0 saturated carbocycles. The monoisotopic (exact) mass is 729 g/mol. The first-order valence-electron chi connectivity index (χ1n) is 16.9. The third-order valence-corrected chi connectivity index (χ3v) is 10.5. The van der Waals surface area contributed by atoms with Gasteiger partial charge in [0.05, 0.1) is 24.0 Å². The first-order valence-corrected chi connectivity index (χ1v) is 17.8. The quantitative estimate of drug-likeness (QED) is 0.143. The van der Waals surface area contributed by atoms with Crippen LogP contribution in [-0.4, -0.2) is 93.0 Å². The van der Waals surface area contributed by atoms with Gasteiger partial charge in [-0.05, 0) is 50.5 Å². The Balaban J connectivity index is 1.69. The van der Waals surface area contributed by atoms with E-state index in [4.69, 9.17) is 9.47 Å². The van der Waals surface area contributed by atoms with Crippen LogP contribution < -0.4 is 5.32 Å². The van der Waals surface area contributed by atoms with Gasteiger partial charge in [-0.3, -0.25) is 19.2 Å². The van der Waals surface area contributed by atoms with Crippen molar-refractivity contribution in [1.82, 2.24) is 15.1 Å². The predicted molar refractivity (Wildman–Crippen MR) is 187 cm³/mol. The molecule has 0 radical (unpaired) electrons. The Hall–Kier alpha value is -3.02. The van der Waals surface area contributed by atoms with E-state index < -0.39 is 53.0 Å². The van der Waals surface area contributed by atoms with Crippen LogP contribution in [0.5, 0.6) is 0 Å². The summed E-state index contributed by atoms with van der Waals surface area (Å²) in [4.78, 5) is 59.0. The lowest BCUT2D eigenvalue weighted by atomic mass is 9.70. The van der Waals surface area contributed by atoms with E-state index in [1.807, 2.05) is 44.2 Å². The molecular formula is C37H52BrN3O7. The summed E-state index contributed by atoms with van der Waals surface area (Å²) < 4.78 is 12.3. The van der Waals surface area contributed by atoms with E-state index in [1.165, 1.54) is 4.90 Å². The lowest BCUT2D eigenvalue weighted by Crippen LogP contribution is -2.61. The highest BCUT2D eigenvalue weighted by Crippen LogP contribution is 2.60. The summed E-state index contributed by atoms with van der Waals surface area (Å²) in [6.07, 6.45) is 4.67. The molecule has 11 heteroatoms. The number of esters is 1. The molecule has 3 amide bonds. The van der Waals surface area contributed by atoms with Crippen molar-refractivity contribution in [2.45, 2.75) is 101 Å². The molecule has 3 fully saturated rings. The number of rotatable bonds is 16. The number of aliphatic hydroxyl groups excluding tert-OH is 1. The second-order valence-corrected chi connectivity index (χ2v) is 16.2. The van der Waals surface area contributed by atoms with Crippen LogP contribution in [0.25, 0.3) is 0 Å². The molecule has 3 aliphatic heterocycles. The van der Waals surface area contributed by atoms with Gasteiger partial charge >= 0.3 is 5.97 Å². The van der Waals surface area contributed by atoms with E-state index in [-0.39, 0.29) is 61.2 Å². The van der Waals surface area contributed by atoms with E-state index in [9.17, 15) is 24.3 Å². The van der Waals surface area contributed by atoms with Gasteiger partial charge in [0, 0.05) is 36.5 Å². The van der Waals surface area contributed by atoms with Crippen molar-refractivity contribution in [3.63, 3.8) is 0 Å². The number of halogens is 1. The molecule has 1 spiro atoms. The smallest absolute Gasteiger partial charge is 0.306 e. The molecule has 3 saturated heterocycles. The minimum atomic E-state index is -1.25. The maximum Gasteiger partial charge on any atom is 0.306 e. The van der Waals surface area contributed by atoms with E-state index in [1.54, 1.807) is 17.1 Å². The van der Waals surface area contributed by atoms with Crippen LogP contribution >= 0.6 is 15.9 Å². The Morgan fingerprint density at radius 1 is 1.19 bits per heavy atom. The van der Waals surface area contributed by atoms with Gasteiger partial charge in [-0.15, -0.1) is 13.2 Å². The summed E-state index contributed by atoms with van der Waals surface area (Å²) in [6, 6.07) is 7.56. The van der Waals surface area contributed by atoms with Gasteiger partial charge in [0.1, 0.15) is 18.2 Å². The topological polar surface area (TPSA) is 125 Å². The summed E-state index contributed by atoms with van der Waals surface area (Å²) in [7, 11) is 0. The zero-order valence-corrected chi connectivity index (χ0v) is 30.5. The molecule has 4 rings (SSSR count). The molecule has 2 N–H and O–H groups in total. The summed E-state index contributed by atoms with van der Waals surface area (Å²) >= 11 is 3.74. The van der Waals surface area contributed by atoms with Crippen molar-refractivity contribution in [1.29, 1.82) is 0 Å². The van der Waals surface area contributed by atoms with Gasteiger partial charge in [0.15, 0.2) is 0 Å². The Morgan fingerprint density at radius 3 is 2.48 bits per heavy atom. The molecule has 1 aromatic carbocycles. The molecular weight excluding hydrogens is 678 g/mol. The maximum absolute atomic E-state index is 14.9. The van der Waals surface area contributed by atoms with Crippen LogP contribution in [0.3, 0.4) is 0 Å². The normalized spacial score (nSPS) is 26.9. The number of nitrogens with zero attached hydrogens (tertiary/aromatic N) is 2. The van der Waals surface area contributed by atoms with Crippen molar-refractivity contribution in [3.8, 4) is 0 Å². The van der Waals surface area contributed by atoms with Crippen LogP contribution in [0, 0.1) is 17.3 Å². The van der Waals surface area contributed by atoms with Crippen molar-refractivity contribution in [2.75, 3.05) is 26.3 Å². The van der Waals surface area contributed by atoms with E-state index in [0.717, 1.165) is 5.56 Å². The van der Waals surface area contributed by atoms with Crippen LogP contribution in [-0.2, 0) is 28.7 Å². The molecule has 0 aliphatic carbocycles. The first-order chi connectivity index (χ1) is 22.6. The third kappa shape index (κ3) is 7.73. The van der Waals surface area contributed by atoms with Crippen molar-refractivity contribution in [2.24, 2.45) is 17.3 Å². The fraction of sp³-hybridized carbons (Fsp3) is 0.622. The molecule has 48 heavy (non-hydrogen) atoms. The molecule has 2 bridgehead atoms. The Bertz CT molecular complexity index is 1360. The van der Waals surface area contributed by atoms with Gasteiger partial charge in [-0.2, -0.15) is 0 Å². The molecule has 1 unspecified atom stereocenters. The Kier molecular flexibility index (Phi) is 12.0. The van der Waals surface area contributed by atoms with Crippen LogP contribution in [0.4, 0.5) is 0 Å². The van der Waals surface area contributed by atoms with E-state index in [0.29, 0.717) is 19.3 Å². The highest BCUT2D eigenvalue weighted by Gasteiger charge is 2.76. The molecule has 7 atom stereocenters. The second kappa shape index (κ2) is 15.3. The number of carbonyl (C=O) groups excluding carboxylic acids is 4. The van der Waals surface area contributed by atoms with Gasteiger partial charge in [-0.1, -0.05) is 79.2 Å². The van der Waals surface area contributed by atoms with Crippen molar-refractivity contribution < 1.29 is 33.8 Å². The lowest BCUT2D eigenvalue weighted by molar-refractivity contribution is -0.153. The number of aliphatic hydroxyl groups is 1. The van der Waals surface area contributed by atoms with Gasteiger partial charge in [0.2, 0.25) is 17.7 Å². The number of amides is 3. The molecule has 264 valence electrons. The maximum atomic E-state index is 14.9. The standard InChI is InChI=1S/C37H52BrN3O7/c1-8-10-17-27(43)47-22-26(24-15-12-11-13-16-24)39-32(44)28-29-33(45)40(19-14-20-42)31(37(29)21-25(38)30(28)48-37)34(46)41(18-9-2)36(6,7)23-35(3,4)5/h8-9,11-13,15-16,25-26,28-31,42H,1-2,10,14,17-23H2,3-7H3,(H,39,44)/t25?,26-,28+,29-,30+,31+,37-/m0/s1. The van der Waals surface area contributed by atoms with E-state index >= 15 is 0 Å². The molecule has 3 aliphatic rings. The highest BCUT2D eigenvalue weighted by atomic mass is 79.9. The number of hydrogen-bond donors (Lipinski definition) is 2. The summed E-state index contributed by atoms with van der Waals surface area (Å²) in [6.45, 7) is 18.2. The highest BCUT2D eigenvalue weighted by molar-refractivity contribution is 9.09. The van der Waals surface area contributed by atoms with Gasteiger partial charge in [-0.25, -0.2) is 0 Å². The average Bonchev–Trinajstić information content (AvgIpc) is 3.61. The fourth-order valence-electron chi connectivity index (χ4n) is 8.14. The van der Waals surface area contributed by atoms with Crippen molar-refractivity contribution in [3.05, 3.63) is 61.2 Å². The van der Waals surface area contributed by atoms with Crippen LogP contribution in [0.15, 0.2) is 55.6 Å². The SMILES string of the molecule is C=CCCC(=O)OC[C@H](NC(=O)[C@H]1[C@@H]2O[C@@]3(CC2Br)[C@@H]1C(=O)N(CCCO)[C@@H]3C(=O)N(CC=C)C(C)(C)CC(C)(C)C)c1ccccc1. The van der Waals surface area contributed by atoms with Crippen molar-refractivity contribution >= 4 is 39.6 Å². The first kappa shape index (κ1) is 37.8. The summed E-state index contributed by atoms with van der Waals surface area (Å²) in [5, 5.41) is 12.8. The summed E-state index contributed by atoms with van der Waals surface area (Å²) in [5.41, 5.74) is -1.18. The Labute approximate surface area is 293 Å². The number of alkyl halides is 1. The van der Waals surface area contributed by atoms with Gasteiger partial charge < -0.3 is 29.7 Å². The zero-order valence-electron chi connectivity index (χ0n) is 29.0. The Morgan fingerprint density at radius 2 is 1.88 bits per heavy atom.